The van der Waals surface area contributed by atoms with Gasteiger partial charge in [-0.2, -0.15) is 5.10 Å². The van der Waals surface area contributed by atoms with Gasteiger partial charge < -0.3 is 5.73 Å². The molecule has 2 N–H and O–H groups in total. The fraction of sp³-hybridized carbons (Fsp3) is 0.357. The molecule has 1 aromatic carbocycles. The maximum Gasteiger partial charge on any atom is 0.125 e. The van der Waals surface area contributed by atoms with Gasteiger partial charge in [0.25, 0.3) is 0 Å². The predicted molar refractivity (Wildman–Crippen MR) is 68.4 cm³/mol. The zero-order valence-corrected chi connectivity index (χ0v) is 10.1. The molecule has 0 fully saturated rings. The summed E-state index contributed by atoms with van der Waals surface area (Å²) < 4.78 is 1.78. The van der Waals surface area contributed by atoms with E-state index in [0.717, 1.165) is 12.0 Å². The average molecular weight is 228 g/mol. The Morgan fingerprint density at radius 2 is 2.41 bits per heavy atom. The average Bonchev–Trinajstić information content (AvgIpc) is 2.89. The fourth-order valence-electron chi connectivity index (χ4n) is 1.93. The lowest BCUT2D eigenvalue weighted by molar-refractivity contribution is 0.536. The number of hydrogen-bond donors (Lipinski definition) is 1. The van der Waals surface area contributed by atoms with Crippen molar-refractivity contribution in [2.45, 2.75) is 32.4 Å². The van der Waals surface area contributed by atoms with E-state index < -0.39 is 0 Å². The maximum absolute atomic E-state index is 6.21. The Morgan fingerprint density at radius 1 is 1.53 bits per heavy atom. The Kier molecular flexibility index (Phi) is 3.94. The van der Waals surface area contributed by atoms with Crippen LogP contribution in [0.1, 0.15) is 37.1 Å². The quantitative estimate of drug-likeness (QED) is 0.854. The van der Waals surface area contributed by atoms with Crippen LogP contribution in [0.5, 0.6) is 0 Å². The first-order valence-corrected chi connectivity index (χ1v) is 6.06. The Bertz CT molecular complexity index is 448. The molecule has 0 aliphatic rings. The molecule has 0 spiro atoms. The van der Waals surface area contributed by atoms with Crippen LogP contribution in [0, 0.1) is 6.07 Å². The van der Waals surface area contributed by atoms with Crippen LogP contribution in [0.25, 0.3) is 0 Å². The van der Waals surface area contributed by atoms with Gasteiger partial charge in [-0.3, -0.25) is 4.68 Å². The minimum Gasteiger partial charge on any atom is -0.306 e. The summed E-state index contributed by atoms with van der Waals surface area (Å²) in [4.78, 5) is 0. The topological polar surface area (TPSA) is 43.8 Å². The molecule has 1 atom stereocenters. The largest absolute Gasteiger partial charge is 0.306 e. The van der Waals surface area contributed by atoms with Crippen molar-refractivity contribution in [3.8, 4) is 0 Å². The van der Waals surface area contributed by atoms with Crippen LogP contribution in [0.4, 0.5) is 0 Å². The van der Waals surface area contributed by atoms with Crippen LogP contribution in [0.3, 0.4) is 0 Å². The van der Waals surface area contributed by atoms with Crippen LogP contribution in [0.2, 0.25) is 0 Å². The highest BCUT2D eigenvalue weighted by Gasteiger charge is 2.11. The van der Waals surface area contributed by atoms with Crippen LogP contribution in [-0.2, 0) is 6.42 Å². The van der Waals surface area contributed by atoms with Crippen LogP contribution in [0.15, 0.2) is 36.7 Å². The number of benzene rings is 1. The van der Waals surface area contributed by atoms with Gasteiger partial charge >= 0.3 is 0 Å². The van der Waals surface area contributed by atoms with E-state index in [1.165, 1.54) is 18.4 Å². The standard InChI is InChI=1S/C14H18N3/c1-2-3-7-12-8-4-5-9-13(12)14(15)17-11-6-10-16-17/h4,6,8-11,14H,2-3,7,15H2,1H3. The molecular formula is C14H18N3. The van der Waals surface area contributed by atoms with E-state index in [0.29, 0.717) is 0 Å². The Labute approximate surface area is 102 Å². The van der Waals surface area contributed by atoms with E-state index in [1.54, 1.807) is 10.9 Å². The zero-order chi connectivity index (χ0) is 12.1. The second kappa shape index (κ2) is 5.64. The molecule has 0 bridgehead atoms. The first-order chi connectivity index (χ1) is 8.33. The Morgan fingerprint density at radius 3 is 3.12 bits per heavy atom. The summed E-state index contributed by atoms with van der Waals surface area (Å²) in [5.41, 5.74) is 8.63. The third kappa shape index (κ3) is 2.74. The second-order valence-electron chi connectivity index (χ2n) is 4.16. The summed E-state index contributed by atoms with van der Waals surface area (Å²) >= 11 is 0. The number of nitrogens with zero attached hydrogens (tertiary/aromatic N) is 2. The molecule has 0 saturated carbocycles. The molecule has 1 heterocycles. The molecule has 2 aromatic rings. The van der Waals surface area contributed by atoms with E-state index in [9.17, 15) is 0 Å². The number of unbranched alkanes of at least 4 members (excludes halogenated alkanes) is 1. The monoisotopic (exact) mass is 228 g/mol. The molecule has 3 nitrogen and oxygen atoms in total. The summed E-state index contributed by atoms with van der Waals surface area (Å²) in [5.74, 6) is 0. The molecule has 1 aromatic heterocycles. The van der Waals surface area contributed by atoms with E-state index in [2.05, 4.69) is 24.2 Å². The van der Waals surface area contributed by atoms with Crippen molar-refractivity contribution >= 4 is 0 Å². The van der Waals surface area contributed by atoms with Crippen molar-refractivity contribution in [3.05, 3.63) is 53.9 Å². The highest BCUT2D eigenvalue weighted by Crippen LogP contribution is 2.18. The molecular weight excluding hydrogens is 210 g/mol. The van der Waals surface area contributed by atoms with Crippen LogP contribution >= 0.6 is 0 Å². The molecule has 89 valence electrons. The second-order valence-corrected chi connectivity index (χ2v) is 4.16. The first kappa shape index (κ1) is 11.9. The lowest BCUT2D eigenvalue weighted by atomic mass is 10.0. The van der Waals surface area contributed by atoms with Crippen molar-refractivity contribution in [1.29, 1.82) is 0 Å². The molecule has 2 rings (SSSR count). The highest BCUT2D eigenvalue weighted by molar-refractivity contribution is 5.29. The lowest BCUT2D eigenvalue weighted by Gasteiger charge is -2.16. The molecule has 0 amide bonds. The van der Waals surface area contributed by atoms with Crippen LogP contribution < -0.4 is 5.73 Å². The van der Waals surface area contributed by atoms with Gasteiger partial charge in [0, 0.05) is 12.4 Å². The maximum atomic E-state index is 6.21. The predicted octanol–water partition coefficient (Wildman–Crippen LogP) is 2.53. The van der Waals surface area contributed by atoms with Gasteiger partial charge in [0.15, 0.2) is 0 Å². The molecule has 3 heteroatoms. The van der Waals surface area contributed by atoms with E-state index >= 15 is 0 Å². The molecule has 1 unspecified atom stereocenters. The SMILES string of the molecule is CCCCc1cc[c]cc1C(N)n1cccn1. The third-order valence-corrected chi connectivity index (χ3v) is 2.92. The van der Waals surface area contributed by atoms with Crippen molar-refractivity contribution in [2.24, 2.45) is 5.73 Å². The van der Waals surface area contributed by atoms with Gasteiger partial charge in [0.1, 0.15) is 6.17 Å². The molecule has 0 aliphatic carbocycles. The van der Waals surface area contributed by atoms with Crippen molar-refractivity contribution in [1.82, 2.24) is 9.78 Å². The van der Waals surface area contributed by atoms with Gasteiger partial charge in [-0.15, -0.1) is 0 Å². The van der Waals surface area contributed by atoms with Crippen molar-refractivity contribution < 1.29 is 0 Å². The number of nitrogens with two attached hydrogens (primary N) is 1. The first-order valence-electron chi connectivity index (χ1n) is 6.06. The van der Waals surface area contributed by atoms with E-state index in [1.807, 2.05) is 24.4 Å². The number of rotatable bonds is 5. The van der Waals surface area contributed by atoms with Crippen LogP contribution in [-0.4, -0.2) is 9.78 Å². The third-order valence-electron chi connectivity index (χ3n) is 2.92. The summed E-state index contributed by atoms with van der Waals surface area (Å²) in [6, 6.07) is 11.0. The summed E-state index contributed by atoms with van der Waals surface area (Å²) in [7, 11) is 0. The number of hydrogen-bond acceptors (Lipinski definition) is 2. The molecule has 0 aliphatic heterocycles. The van der Waals surface area contributed by atoms with Gasteiger partial charge in [-0.05, 0) is 42.2 Å². The number of aryl methyl sites for hydroxylation is 1. The molecule has 17 heavy (non-hydrogen) atoms. The fourth-order valence-corrected chi connectivity index (χ4v) is 1.93. The van der Waals surface area contributed by atoms with Gasteiger partial charge in [0.05, 0.1) is 0 Å². The van der Waals surface area contributed by atoms with E-state index in [4.69, 9.17) is 5.73 Å². The zero-order valence-electron chi connectivity index (χ0n) is 10.1. The van der Waals surface area contributed by atoms with Gasteiger partial charge in [0.2, 0.25) is 0 Å². The Hall–Kier alpha value is -1.61. The summed E-state index contributed by atoms with van der Waals surface area (Å²) in [6.45, 7) is 2.20. The van der Waals surface area contributed by atoms with Crippen molar-refractivity contribution in [2.75, 3.05) is 0 Å². The highest BCUT2D eigenvalue weighted by atomic mass is 15.3. The van der Waals surface area contributed by atoms with Gasteiger partial charge in [-0.1, -0.05) is 25.5 Å². The molecule has 0 saturated heterocycles. The molecule has 1 radical (unpaired) electrons. The van der Waals surface area contributed by atoms with Gasteiger partial charge in [-0.25, -0.2) is 0 Å². The van der Waals surface area contributed by atoms with Crippen molar-refractivity contribution in [3.63, 3.8) is 0 Å². The minimum atomic E-state index is -0.214. The number of aromatic nitrogens is 2. The summed E-state index contributed by atoms with van der Waals surface area (Å²) in [5, 5.41) is 4.19. The smallest absolute Gasteiger partial charge is 0.125 e. The normalized spacial score (nSPS) is 12.6. The Balaban J connectivity index is 2.25. The summed E-state index contributed by atoms with van der Waals surface area (Å²) in [6.07, 6.45) is 6.86. The lowest BCUT2D eigenvalue weighted by Crippen LogP contribution is -2.21. The minimum absolute atomic E-state index is 0.214. The van der Waals surface area contributed by atoms with E-state index in [-0.39, 0.29) is 6.17 Å².